The number of hydrogen-bond donors (Lipinski definition) is 1. The van der Waals surface area contributed by atoms with Crippen LogP contribution >= 0.6 is 11.3 Å². The molecule has 27 heavy (non-hydrogen) atoms. The molecule has 0 bridgehead atoms. The van der Waals surface area contributed by atoms with E-state index < -0.39 is 21.7 Å². The number of amides is 1. The first-order chi connectivity index (χ1) is 12.9. The second kappa shape index (κ2) is 8.14. The number of carbonyl (C=O) groups excluding carboxylic acids is 1. The number of anilines is 1. The average molecular weight is 406 g/mol. The van der Waals surface area contributed by atoms with Crippen LogP contribution in [0.15, 0.2) is 65.0 Å². The molecule has 0 aliphatic rings. The SMILES string of the molecule is O=C(COc1ccc(F)cc1)Nc1ccc(S(=O)(=O)[N-]c2nccs2)cc1. The van der Waals surface area contributed by atoms with Gasteiger partial charge in [-0.25, -0.2) is 12.8 Å². The van der Waals surface area contributed by atoms with E-state index in [1.54, 1.807) is 5.38 Å². The Labute approximate surface area is 158 Å². The first-order valence-electron chi connectivity index (χ1n) is 7.58. The zero-order chi connectivity index (χ0) is 19.3. The van der Waals surface area contributed by atoms with Crippen molar-refractivity contribution in [1.82, 2.24) is 4.98 Å². The van der Waals surface area contributed by atoms with Gasteiger partial charge < -0.3 is 19.8 Å². The lowest BCUT2D eigenvalue weighted by Gasteiger charge is -2.12. The molecule has 0 saturated heterocycles. The third-order valence-corrected chi connectivity index (χ3v) is 5.30. The number of nitrogens with zero attached hydrogens (tertiary/aromatic N) is 2. The molecule has 1 amide bonds. The molecule has 3 rings (SSSR count). The smallest absolute Gasteiger partial charge is 0.262 e. The van der Waals surface area contributed by atoms with Crippen LogP contribution in [0.5, 0.6) is 5.75 Å². The molecular weight excluding hydrogens is 393 g/mol. The molecule has 140 valence electrons. The monoisotopic (exact) mass is 406 g/mol. The number of ether oxygens (including phenoxy) is 1. The average Bonchev–Trinajstić information content (AvgIpc) is 3.14. The Balaban J connectivity index is 1.56. The molecule has 0 spiro atoms. The topological polar surface area (TPSA) is 99.5 Å². The Bertz CT molecular complexity index is 1010. The van der Waals surface area contributed by atoms with Crippen LogP contribution < -0.4 is 10.1 Å². The fourth-order valence-electron chi connectivity index (χ4n) is 2.00. The minimum absolute atomic E-state index is 0.0155. The molecule has 3 aromatic rings. The molecule has 0 saturated carbocycles. The van der Waals surface area contributed by atoms with Crippen molar-refractivity contribution in [2.75, 3.05) is 11.9 Å². The van der Waals surface area contributed by atoms with E-state index in [1.807, 2.05) is 0 Å². The number of rotatable bonds is 7. The van der Waals surface area contributed by atoms with Crippen molar-refractivity contribution < 1.29 is 22.3 Å². The summed E-state index contributed by atoms with van der Waals surface area (Å²) in [5, 5.41) is 4.34. The summed E-state index contributed by atoms with van der Waals surface area (Å²) in [6, 6.07) is 10.8. The van der Waals surface area contributed by atoms with Crippen molar-refractivity contribution >= 4 is 38.1 Å². The lowest BCUT2D eigenvalue weighted by atomic mass is 10.3. The lowest BCUT2D eigenvalue weighted by Crippen LogP contribution is -2.20. The highest BCUT2D eigenvalue weighted by atomic mass is 32.2. The highest BCUT2D eigenvalue weighted by Crippen LogP contribution is 2.29. The fraction of sp³-hybridized carbons (Fsp3) is 0.0588. The second-order valence-electron chi connectivity index (χ2n) is 5.20. The van der Waals surface area contributed by atoms with Crippen molar-refractivity contribution in [1.29, 1.82) is 0 Å². The van der Waals surface area contributed by atoms with Crippen LogP contribution in [0, 0.1) is 5.82 Å². The first kappa shape index (κ1) is 18.8. The Morgan fingerprint density at radius 1 is 1.15 bits per heavy atom. The van der Waals surface area contributed by atoms with Crippen LogP contribution in [0.2, 0.25) is 0 Å². The van der Waals surface area contributed by atoms with Gasteiger partial charge in [0, 0.05) is 10.8 Å². The maximum absolute atomic E-state index is 12.8. The zero-order valence-electron chi connectivity index (χ0n) is 13.7. The maximum Gasteiger partial charge on any atom is 0.262 e. The Morgan fingerprint density at radius 3 is 2.48 bits per heavy atom. The molecule has 0 radical (unpaired) electrons. The van der Waals surface area contributed by atoms with E-state index in [2.05, 4.69) is 15.0 Å². The zero-order valence-corrected chi connectivity index (χ0v) is 15.3. The Kier molecular flexibility index (Phi) is 5.67. The van der Waals surface area contributed by atoms with E-state index in [-0.39, 0.29) is 16.6 Å². The second-order valence-corrected chi connectivity index (χ2v) is 7.67. The third-order valence-electron chi connectivity index (χ3n) is 3.24. The number of thiazole rings is 1. The van der Waals surface area contributed by atoms with Gasteiger partial charge >= 0.3 is 0 Å². The first-order valence-corrected chi connectivity index (χ1v) is 9.90. The Morgan fingerprint density at radius 2 is 1.85 bits per heavy atom. The number of benzene rings is 2. The summed E-state index contributed by atoms with van der Waals surface area (Å²) in [6.45, 7) is -0.273. The van der Waals surface area contributed by atoms with Gasteiger partial charge in [0.05, 0.1) is 4.90 Å². The molecule has 1 N–H and O–H groups in total. The summed E-state index contributed by atoms with van der Waals surface area (Å²) >= 11 is 1.11. The molecule has 2 aromatic carbocycles. The standard InChI is InChI=1S/C17H14FN3O4S2/c18-12-1-5-14(6-2-12)25-11-16(22)20-13-3-7-15(8-4-13)27(23,24)21-17-19-9-10-26-17/h1-10H,11H2,(H2,19,20,21,22)/p-1. The minimum Gasteiger partial charge on any atom is -0.484 e. The molecule has 1 aromatic heterocycles. The molecule has 0 fully saturated rings. The highest BCUT2D eigenvalue weighted by Gasteiger charge is 2.11. The van der Waals surface area contributed by atoms with Crippen molar-refractivity contribution in [3.8, 4) is 5.75 Å². The minimum atomic E-state index is -3.87. The van der Waals surface area contributed by atoms with E-state index in [4.69, 9.17) is 4.74 Å². The van der Waals surface area contributed by atoms with Crippen molar-refractivity contribution in [2.45, 2.75) is 4.90 Å². The van der Waals surface area contributed by atoms with Crippen molar-refractivity contribution in [3.63, 3.8) is 0 Å². The van der Waals surface area contributed by atoms with Gasteiger partial charge in [0.15, 0.2) is 6.61 Å². The van der Waals surface area contributed by atoms with Crippen LogP contribution in [0.3, 0.4) is 0 Å². The predicted octanol–water partition coefficient (Wildman–Crippen LogP) is 3.69. The fourth-order valence-corrected chi connectivity index (χ4v) is 3.67. The summed E-state index contributed by atoms with van der Waals surface area (Å²) in [5.74, 6) is -0.484. The number of nitrogens with one attached hydrogen (secondary N) is 1. The summed E-state index contributed by atoms with van der Waals surface area (Å²) in [7, 11) is -3.87. The van der Waals surface area contributed by atoms with Gasteiger partial charge in [-0.05, 0) is 53.9 Å². The van der Waals surface area contributed by atoms with Crippen molar-refractivity contribution in [2.24, 2.45) is 0 Å². The molecular formula is C17H13FN3O4S2-. The molecule has 0 unspecified atom stereocenters. The van der Waals surface area contributed by atoms with Gasteiger partial charge in [-0.3, -0.25) is 4.79 Å². The third kappa shape index (κ3) is 5.25. The molecule has 10 heteroatoms. The molecule has 1 heterocycles. The summed E-state index contributed by atoms with van der Waals surface area (Å²) in [4.78, 5) is 15.7. The van der Waals surface area contributed by atoms with Crippen LogP contribution in [0.25, 0.3) is 4.72 Å². The van der Waals surface area contributed by atoms with Gasteiger partial charge in [0.1, 0.15) is 11.6 Å². The van der Waals surface area contributed by atoms with Gasteiger partial charge in [0.2, 0.25) is 10.0 Å². The summed E-state index contributed by atoms with van der Waals surface area (Å²) < 4.78 is 46.0. The van der Waals surface area contributed by atoms with Gasteiger partial charge in [-0.15, -0.1) is 0 Å². The van der Waals surface area contributed by atoms with Crippen LogP contribution in [-0.2, 0) is 14.8 Å². The highest BCUT2D eigenvalue weighted by molar-refractivity contribution is 7.94. The quantitative estimate of drug-likeness (QED) is 0.645. The van der Waals surface area contributed by atoms with Crippen LogP contribution in [0.4, 0.5) is 15.2 Å². The van der Waals surface area contributed by atoms with Crippen molar-refractivity contribution in [3.05, 3.63) is 70.6 Å². The Hall–Kier alpha value is -2.98. The number of sulfonamides is 1. The van der Waals surface area contributed by atoms with Gasteiger partial charge in [0.25, 0.3) is 5.91 Å². The number of hydrogen-bond acceptors (Lipinski definition) is 6. The van der Waals surface area contributed by atoms with Gasteiger partial charge in [-0.2, -0.15) is 11.3 Å². The summed E-state index contributed by atoms with van der Waals surface area (Å²) in [6.07, 6.45) is 1.46. The number of halogens is 1. The number of carbonyl (C=O) groups is 1. The normalized spacial score (nSPS) is 11.0. The lowest BCUT2D eigenvalue weighted by molar-refractivity contribution is -0.118. The van der Waals surface area contributed by atoms with E-state index in [0.717, 1.165) is 11.3 Å². The van der Waals surface area contributed by atoms with Crippen LogP contribution in [0.1, 0.15) is 0 Å². The van der Waals surface area contributed by atoms with E-state index >= 15 is 0 Å². The van der Waals surface area contributed by atoms with E-state index in [0.29, 0.717) is 11.4 Å². The summed E-state index contributed by atoms with van der Waals surface area (Å²) in [5.41, 5.74) is 0.399. The van der Waals surface area contributed by atoms with Crippen LogP contribution in [-0.4, -0.2) is 25.9 Å². The van der Waals surface area contributed by atoms with Gasteiger partial charge in [-0.1, -0.05) is 6.20 Å². The maximum atomic E-state index is 12.8. The molecule has 7 nitrogen and oxygen atoms in total. The largest absolute Gasteiger partial charge is 0.484 e. The number of aromatic nitrogens is 1. The molecule has 0 aliphatic heterocycles. The molecule has 0 atom stereocenters. The molecule has 0 aliphatic carbocycles. The predicted molar refractivity (Wildman–Crippen MR) is 99.3 cm³/mol. The van der Waals surface area contributed by atoms with E-state index in [9.17, 15) is 17.6 Å². The van der Waals surface area contributed by atoms with E-state index in [1.165, 1.54) is 54.7 Å².